The van der Waals surface area contributed by atoms with E-state index >= 15 is 0 Å². The Balaban J connectivity index is 1.85. The molecule has 1 rings (SSSR count). The zero-order valence-corrected chi connectivity index (χ0v) is 10.6. The maximum absolute atomic E-state index is 2.27. The molecule has 0 saturated heterocycles. The van der Waals surface area contributed by atoms with Crippen LogP contribution in [0.5, 0.6) is 0 Å². The molecule has 0 aliphatic carbocycles. The van der Waals surface area contributed by atoms with E-state index in [0.29, 0.717) is 0 Å². The van der Waals surface area contributed by atoms with E-state index in [1.807, 2.05) is 11.3 Å². The van der Waals surface area contributed by atoms with Crippen LogP contribution in [0.25, 0.3) is 0 Å². The molecule has 0 aromatic carbocycles. The third-order valence-corrected chi connectivity index (χ3v) is 4.22. The Morgan fingerprint density at radius 2 is 2.14 bits per heavy atom. The summed E-state index contributed by atoms with van der Waals surface area (Å²) < 4.78 is 0. The van der Waals surface area contributed by atoms with Crippen LogP contribution in [0.2, 0.25) is 0 Å². The Labute approximate surface area is 96.1 Å². The third kappa shape index (κ3) is 5.71. The molecule has 0 fully saturated rings. The first-order chi connectivity index (χ1) is 6.93. The van der Waals surface area contributed by atoms with Crippen molar-refractivity contribution >= 4 is 23.1 Å². The molecule has 0 bridgehead atoms. The van der Waals surface area contributed by atoms with Gasteiger partial charge in [-0.1, -0.05) is 32.3 Å². The number of rotatable bonds is 8. The number of unbranched alkanes of at least 4 members (excludes halogenated alkanes) is 3. The highest BCUT2D eigenvalue weighted by molar-refractivity contribution is 7.99. The highest BCUT2D eigenvalue weighted by atomic mass is 32.2. The Hall–Kier alpha value is 0.0500. The van der Waals surface area contributed by atoms with E-state index in [4.69, 9.17) is 0 Å². The summed E-state index contributed by atoms with van der Waals surface area (Å²) in [6.45, 7) is 2.27. The van der Waals surface area contributed by atoms with Gasteiger partial charge in [0, 0.05) is 4.88 Å². The quantitative estimate of drug-likeness (QED) is 0.586. The van der Waals surface area contributed by atoms with Crippen molar-refractivity contribution in [2.75, 3.05) is 11.5 Å². The lowest BCUT2D eigenvalue weighted by atomic mass is 10.2. The van der Waals surface area contributed by atoms with Gasteiger partial charge >= 0.3 is 0 Å². The van der Waals surface area contributed by atoms with Crippen molar-refractivity contribution in [2.45, 2.75) is 39.0 Å². The van der Waals surface area contributed by atoms with E-state index in [0.717, 1.165) is 0 Å². The Morgan fingerprint density at radius 1 is 1.21 bits per heavy atom. The van der Waals surface area contributed by atoms with Crippen LogP contribution in [0.15, 0.2) is 17.5 Å². The van der Waals surface area contributed by atoms with E-state index < -0.39 is 0 Å². The van der Waals surface area contributed by atoms with Gasteiger partial charge in [0.15, 0.2) is 0 Å². The summed E-state index contributed by atoms with van der Waals surface area (Å²) >= 11 is 3.99. The van der Waals surface area contributed by atoms with Crippen molar-refractivity contribution in [1.29, 1.82) is 0 Å². The van der Waals surface area contributed by atoms with Crippen molar-refractivity contribution in [3.8, 4) is 0 Å². The van der Waals surface area contributed by atoms with Crippen molar-refractivity contribution < 1.29 is 0 Å². The van der Waals surface area contributed by atoms with Gasteiger partial charge in [-0.25, -0.2) is 0 Å². The zero-order chi connectivity index (χ0) is 10.1. The number of thiophene rings is 1. The molecule has 0 amide bonds. The molecule has 80 valence electrons. The lowest BCUT2D eigenvalue weighted by molar-refractivity contribution is 0.706. The van der Waals surface area contributed by atoms with Gasteiger partial charge in [0.25, 0.3) is 0 Å². The molecule has 1 aromatic rings. The average molecular weight is 228 g/mol. The van der Waals surface area contributed by atoms with Crippen molar-refractivity contribution in [3.05, 3.63) is 22.4 Å². The topological polar surface area (TPSA) is 0 Å². The highest BCUT2D eigenvalue weighted by Crippen LogP contribution is 2.14. The van der Waals surface area contributed by atoms with E-state index in [1.54, 1.807) is 0 Å². The van der Waals surface area contributed by atoms with E-state index in [9.17, 15) is 0 Å². The summed E-state index contributed by atoms with van der Waals surface area (Å²) in [6, 6.07) is 4.38. The number of hydrogen-bond donors (Lipinski definition) is 0. The SMILES string of the molecule is CCCCCCSCCc1cccs1. The van der Waals surface area contributed by atoms with Gasteiger partial charge in [-0.2, -0.15) is 11.8 Å². The lowest BCUT2D eigenvalue weighted by Gasteiger charge is -2.00. The molecule has 2 heteroatoms. The summed E-state index contributed by atoms with van der Waals surface area (Å²) in [7, 11) is 0. The Morgan fingerprint density at radius 3 is 2.86 bits per heavy atom. The fraction of sp³-hybridized carbons (Fsp3) is 0.667. The van der Waals surface area contributed by atoms with Gasteiger partial charge in [0.1, 0.15) is 0 Å². The summed E-state index contributed by atoms with van der Waals surface area (Å²) in [5.74, 6) is 2.65. The monoisotopic (exact) mass is 228 g/mol. The maximum Gasteiger partial charge on any atom is 0.00534 e. The average Bonchev–Trinajstić information content (AvgIpc) is 2.69. The predicted octanol–water partition coefficient (Wildman–Crippen LogP) is 4.60. The van der Waals surface area contributed by atoms with E-state index in [2.05, 4.69) is 36.2 Å². The second kappa shape index (κ2) is 8.37. The second-order valence-electron chi connectivity index (χ2n) is 3.50. The van der Waals surface area contributed by atoms with Crippen molar-refractivity contribution in [2.24, 2.45) is 0 Å². The summed E-state index contributed by atoms with van der Waals surface area (Å²) in [5, 5.41) is 2.17. The summed E-state index contributed by atoms with van der Waals surface area (Å²) in [5.41, 5.74) is 0. The first-order valence-electron chi connectivity index (χ1n) is 5.53. The normalized spacial score (nSPS) is 10.6. The van der Waals surface area contributed by atoms with Gasteiger partial charge in [0.05, 0.1) is 0 Å². The minimum absolute atomic E-state index is 1.26. The van der Waals surface area contributed by atoms with Gasteiger partial charge in [-0.3, -0.25) is 0 Å². The number of hydrogen-bond acceptors (Lipinski definition) is 2. The van der Waals surface area contributed by atoms with Crippen molar-refractivity contribution in [3.63, 3.8) is 0 Å². The Bertz CT molecular complexity index is 204. The van der Waals surface area contributed by atoms with E-state index in [1.165, 1.54) is 48.5 Å². The molecule has 0 atom stereocenters. The molecule has 0 saturated carbocycles. The smallest absolute Gasteiger partial charge is 0.00534 e. The molecule has 0 N–H and O–H groups in total. The molecule has 0 unspecified atom stereocenters. The molecule has 1 aromatic heterocycles. The van der Waals surface area contributed by atoms with Crippen LogP contribution in [0, 0.1) is 0 Å². The molecule has 0 spiro atoms. The molecular formula is C12H20S2. The highest BCUT2D eigenvalue weighted by Gasteiger charge is 1.94. The number of aryl methyl sites for hydroxylation is 1. The molecule has 0 aliphatic heterocycles. The number of thioether (sulfide) groups is 1. The van der Waals surface area contributed by atoms with Crippen LogP contribution in [-0.2, 0) is 6.42 Å². The largest absolute Gasteiger partial charge is 0.162 e. The van der Waals surface area contributed by atoms with Crippen LogP contribution in [0.4, 0.5) is 0 Å². The van der Waals surface area contributed by atoms with Gasteiger partial charge in [0.2, 0.25) is 0 Å². The van der Waals surface area contributed by atoms with Gasteiger partial charge in [-0.15, -0.1) is 11.3 Å². The zero-order valence-electron chi connectivity index (χ0n) is 9.00. The second-order valence-corrected chi connectivity index (χ2v) is 5.76. The van der Waals surface area contributed by atoms with Crippen LogP contribution in [0.1, 0.15) is 37.5 Å². The Kier molecular flexibility index (Phi) is 7.24. The minimum Gasteiger partial charge on any atom is -0.162 e. The first-order valence-corrected chi connectivity index (χ1v) is 7.57. The molecule has 0 aliphatic rings. The predicted molar refractivity (Wildman–Crippen MR) is 69.5 cm³/mol. The van der Waals surface area contributed by atoms with Crippen LogP contribution < -0.4 is 0 Å². The van der Waals surface area contributed by atoms with Gasteiger partial charge in [-0.05, 0) is 35.8 Å². The summed E-state index contributed by atoms with van der Waals surface area (Å²) in [6.07, 6.45) is 6.84. The van der Waals surface area contributed by atoms with Crippen LogP contribution in [0.3, 0.4) is 0 Å². The first kappa shape index (κ1) is 12.1. The fourth-order valence-corrected chi connectivity index (χ4v) is 3.18. The third-order valence-electron chi connectivity index (χ3n) is 2.22. The van der Waals surface area contributed by atoms with Gasteiger partial charge < -0.3 is 0 Å². The maximum atomic E-state index is 2.27. The van der Waals surface area contributed by atoms with E-state index in [-0.39, 0.29) is 0 Å². The lowest BCUT2D eigenvalue weighted by Crippen LogP contribution is -1.87. The molecule has 0 nitrogen and oxygen atoms in total. The summed E-state index contributed by atoms with van der Waals surface area (Å²) in [4.78, 5) is 1.53. The molecule has 1 heterocycles. The van der Waals surface area contributed by atoms with Crippen LogP contribution >= 0.6 is 23.1 Å². The van der Waals surface area contributed by atoms with Crippen LogP contribution in [-0.4, -0.2) is 11.5 Å². The minimum atomic E-state index is 1.26. The van der Waals surface area contributed by atoms with Crippen molar-refractivity contribution in [1.82, 2.24) is 0 Å². The molecular weight excluding hydrogens is 208 g/mol. The molecule has 14 heavy (non-hydrogen) atoms. The molecule has 0 radical (unpaired) electrons. The fourth-order valence-electron chi connectivity index (χ4n) is 1.36. The standard InChI is InChI=1S/C12H20S2/c1-2-3-4-5-9-13-11-8-12-7-6-10-14-12/h6-7,10H,2-5,8-9,11H2,1H3.